The zero-order valence-electron chi connectivity index (χ0n) is 9.07. The molecule has 0 radical (unpaired) electrons. The van der Waals surface area contributed by atoms with Gasteiger partial charge in [-0.05, 0) is 6.07 Å². The van der Waals surface area contributed by atoms with Crippen molar-refractivity contribution in [3.8, 4) is 17.4 Å². The molecule has 2 heterocycles. The monoisotopic (exact) mass is 237 g/mol. The Kier molecular flexibility index (Phi) is 3.26. The SMILES string of the molecule is COc1ccc(-c2noc([C@@H](O)CN)n2)nn1. The van der Waals surface area contributed by atoms with Crippen LogP contribution in [0.4, 0.5) is 0 Å². The third-order valence-electron chi connectivity index (χ3n) is 2.03. The van der Waals surface area contributed by atoms with Crippen molar-refractivity contribution >= 4 is 0 Å². The van der Waals surface area contributed by atoms with Crippen LogP contribution in [0.1, 0.15) is 12.0 Å². The molecule has 2 aromatic heterocycles. The van der Waals surface area contributed by atoms with Crippen molar-refractivity contribution in [1.82, 2.24) is 20.3 Å². The summed E-state index contributed by atoms with van der Waals surface area (Å²) in [5.74, 6) is 0.683. The van der Waals surface area contributed by atoms with Gasteiger partial charge in [-0.15, -0.1) is 10.2 Å². The Hall–Kier alpha value is -2.06. The van der Waals surface area contributed by atoms with E-state index in [4.69, 9.17) is 15.0 Å². The highest BCUT2D eigenvalue weighted by molar-refractivity contribution is 5.47. The number of hydrogen-bond donors (Lipinski definition) is 2. The van der Waals surface area contributed by atoms with Crippen LogP contribution in [0, 0.1) is 0 Å². The molecule has 17 heavy (non-hydrogen) atoms. The first kappa shape index (κ1) is 11.4. The molecule has 0 amide bonds. The third kappa shape index (κ3) is 2.37. The van der Waals surface area contributed by atoms with Crippen LogP contribution in [0.15, 0.2) is 16.7 Å². The molecular formula is C9H11N5O3. The van der Waals surface area contributed by atoms with Crippen LogP contribution in [0.2, 0.25) is 0 Å². The van der Waals surface area contributed by atoms with Gasteiger partial charge < -0.3 is 20.1 Å². The first-order valence-corrected chi connectivity index (χ1v) is 4.84. The van der Waals surface area contributed by atoms with Crippen molar-refractivity contribution in [3.63, 3.8) is 0 Å². The molecule has 2 rings (SSSR count). The lowest BCUT2D eigenvalue weighted by molar-refractivity contribution is 0.141. The molecule has 0 aliphatic heterocycles. The van der Waals surface area contributed by atoms with Crippen LogP contribution in [0.25, 0.3) is 11.5 Å². The molecule has 3 N–H and O–H groups in total. The summed E-state index contributed by atoms with van der Waals surface area (Å²) >= 11 is 0. The highest BCUT2D eigenvalue weighted by Crippen LogP contribution is 2.16. The molecule has 0 aromatic carbocycles. The fraction of sp³-hybridized carbons (Fsp3) is 0.333. The van der Waals surface area contributed by atoms with Gasteiger partial charge in [0.25, 0.3) is 5.89 Å². The van der Waals surface area contributed by atoms with Gasteiger partial charge in [-0.25, -0.2) is 0 Å². The van der Waals surface area contributed by atoms with Gasteiger partial charge in [0, 0.05) is 12.6 Å². The van der Waals surface area contributed by atoms with Crippen molar-refractivity contribution in [1.29, 1.82) is 0 Å². The predicted octanol–water partition coefficient (Wildman–Crippen LogP) is -0.473. The fourth-order valence-electron chi connectivity index (χ4n) is 1.12. The van der Waals surface area contributed by atoms with E-state index in [9.17, 15) is 5.11 Å². The summed E-state index contributed by atoms with van der Waals surface area (Å²) in [6, 6.07) is 3.26. The number of aromatic nitrogens is 4. The summed E-state index contributed by atoms with van der Waals surface area (Å²) in [7, 11) is 1.49. The van der Waals surface area contributed by atoms with Crippen molar-refractivity contribution in [2.24, 2.45) is 5.73 Å². The van der Waals surface area contributed by atoms with Gasteiger partial charge in [-0.2, -0.15) is 4.98 Å². The van der Waals surface area contributed by atoms with Crippen LogP contribution in [-0.2, 0) is 0 Å². The molecule has 0 fully saturated rings. The number of ether oxygens (including phenoxy) is 1. The van der Waals surface area contributed by atoms with E-state index >= 15 is 0 Å². The molecule has 1 atom stereocenters. The Morgan fingerprint density at radius 1 is 1.47 bits per heavy atom. The van der Waals surface area contributed by atoms with Gasteiger partial charge >= 0.3 is 0 Å². The normalized spacial score (nSPS) is 12.4. The van der Waals surface area contributed by atoms with Crippen LogP contribution >= 0.6 is 0 Å². The molecule has 0 aliphatic rings. The maximum absolute atomic E-state index is 9.39. The molecule has 8 nitrogen and oxygen atoms in total. The van der Waals surface area contributed by atoms with Crippen LogP contribution in [0.5, 0.6) is 5.88 Å². The molecule has 0 aliphatic carbocycles. The predicted molar refractivity (Wildman–Crippen MR) is 55.9 cm³/mol. The second-order valence-electron chi connectivity index (χ2n) is 3.17. The van der Waals surface area contributed by atoms with Crippen LogP contribution in [0.3, 0.4) is 0 Å². The first-order chi connectivity index (χ1) is 8.24. The summed E-state index contributed by atoms with van der Waals surface area (Å²) in [6.07, 6.45) is -0.970. The minimum Gasteiger partial charge on any atom is -0.480 e. The average molecular weight is 237 g/mol. The van der Waals surface area contributed by atoms with Crippen LogP contribution in [-0.4, -0.2) is 39.1 Å². The molecule has 0 saturated carbocycles. The second kappa shape index (κ2) is 4.85. The highest BCUT2D eigenvalue weighted by atomic mass is 16.5. The standard InChI is InChI=1S/C9H11N5O3/c1-16-7-3-2-5(12-13-7)8-11-9(17-14-8)6(15)4-10/h2-3,6,15H,4,10H2,1H3/t6-/m0/s1. The van der Waals surface area contributed by atoms with E-state index in [0.29, 0.717) is 11.6 Å². The van der Waals surface area contributed by atoms with E-state index in [1.807, 2.05) is 0 Å². The maximum atomic E-state index is 9.39. The summed E-state index contributed by atoms with van der Waals surface area (Å²) in [5, 5.41) is 20.7. The molecule has 0 unspecified atom stereocenters. The zero-order valence-corrected chi connectivity index (χ0v) is 9.07. The highest BCUT2D eigenvalue weighted by Gasteiger charge is 2.16. The van der Waals surface area contributed by atoms with Crippen LogP contribution < -0.4 is 10.5 Å². The van der Waals surface area contributed by atoms with Gasteiger partial charge in [0.15, 0.2) is 0 Å². The zero-order chi connectivity index (χ0) is 12.3. The lowest BCUT2D eigenvalue weighted by atomic mass is 10.3. The minimum absolute atomic E-state index is 0.00985. The average Bonchev–Trinajstić information content (AvgIpc) is 2.87. The number of hydrogen-bond acceptors (Lipinski definition) is 8. The quantitative estimate of drug-likeness (QED) is 0.731. The smallest absolute Gasteiger partial charge is 0.257 e. The number of methoxy groups -OCH3 is 1. The van der Waals surface area contributed by atoms with Gasteiger partial charge in [0.1, 0.15) is 11.8 Å². The summed E-state index contributed by atoms with van der Waals surface area (Å²) in [6.45, 7) is 0.00985. The van der Waals surface area contributed by atoms with Crippen molar-refractivity contribution in [2.75, 3.05) is 13.7 Å². The second-order valence-corrected chi connectivity index (χ2v) is 3.17. The van der Waals surface area contributed by atoms with E-state index in [-0.39, 0.29) is 18.3 Å². The molecular weight excluding hydrogens is 226 g/mol. The Bertz CT molecular complexity index is 484. The van der Waals surface area contributed by atoms with Gasteiger partial charge in [-0.1, -0.05) is 5.16 Å². The molecule has 0 spiro atoms. The van der Waals surface area contributed by atoms with Gasteiger partial charge in [-0.3, -0.25) is 0 Å². The number of aliphatic hydroxyl groups is 1. The number of rotatable bonds is 4. The Labute approximate surface area is 96.4 Å². The van der Waals surface area contributed by atoms with Crippen molar-refractivity contribution in [3.05, 3.63) is 18.0 Å². The fourth-order valence-corrected chi connectivity index (χ4v) is 1.12. The lowest BCUT2D eigenvalue weighted by Crippen LogP contribution is -2.11. The van der Waals surface area contributed by atoms with E-state index in [2.05, 4.69) is 20.3 Å². The van der Waals surface area contributed by atoms with E-state index in [0.717, 1.165) is 0 Å². The summed E-state index contributed by atoms with van der Waals surface area (Å²) in [5.41, 5.74) is 5.69. The third-order valence-corrected chi connectivity index (χ3v) is 2.03. The maximum Gasteiger partial charge on any atom is 0.257 e. The van der Waals surface area contributed by atoms with Gasteiger partial charge in [0.2, 0.25) is 11.7 Å². The first-order valence-electron chi connectivity index (χ1n) is 4.84. The molecule has 2 aromatic rings. The molecule has 8 heteroatoms. The molecule has 90 valence electrons. The Balaban J connectivity index is 2.24. The molecule has 0 bridgehead atoms. The minimum atomic E-state index is -0.970. The van der Waals surface area contributed by atoms with Gasteiger partial charge in [0.05, 0.1) is 7.11 Å². The Morgan fingerprint density at radius 3 is 2.88 bits per heavy atom. The number of aliphatic hydroxyl groups excluding tert-OH is 1. The summed E-state index contributed by atoms with van der Waals surface area (Å²) in [4.78, 5) is 3.96. The van der Waals surface area contributed by atoms with E-state index < -0.39 is 6.10 Å². The summed E-state index contributed by atoms with van der Waals surface area (Å²) < 4.78 is 9.71. The Morgan fingerprint density at radius 2 is 2.29 bits per heavy atom. The van der Waals surface area contributed by atoms with Crippen molar-refractivity contribution in [2.45, 2.75) is 6.10 Å². The van der Waals surface area contributed by atoms with E-state index in [1.54, 1.807) is 12.1 Å². The lowest BCUT2D eigenvalue weighted by Gasteiger charge is -1.98. The topological polar surface area (TPSA) is 120 Å². The van der Waals surface area contributed by atoms with Crippen molar-refractivity contribution < 1.29 is 14.4 Å². The largest absolute Gasteiger partial charge is 0.480 e. The number of nitrogens with two attached hydrogens (primary N) is 1. The van der Waals surface area contributed by atoms with E-state index in [1.165, 1.54) is 7.11 Å². The molecule has 0 saturated heterocycles. The number of nitrogens with zero attached hydrogens (tertiary/aromatic N) is 4.